The van der Waals surface area contributed by atoms with Crippen molar-refractivity contribution in [2.75, 3.05) is 7.11 Å². The maximum atomic E-state index is 11.2. The highest BCUT2D eigenvalue weighted by molar-refractivity contribution is 6.04. The molecule has 0 fully saturated rings. The smallest absolute Gasteiger partial charge is 0.150 e. The second-order valence-corrected chi connectivity index (χ2v) is 7.32. The second-order valence-electron chi connectivity index (χ2n) is 7.32. The van der Waals surface area contributed by atoms with Gasteiger partial charge in [0.1, 0.15) is 18.3 Å². The molecule has 0 aromatic heterocycles. The van der Waals surface area contributed by atoms with E-state index in [9.17, 15) is 9.59 Å². The quantitative estimate of drug-likeness (QED) is 0.260. The van der Waals surface area contributed by atoms with Gasteiger partial charge < -0.3 is 4.74 Å². The number of rotatable bonds is 7. The molecule has 156 valence electrons. The summed E-state index contributed by atoms with van der Waals surface area (Å²) >= 11 is 0. The molecule has 0 radical (unpaired) electrons. The Bertz CT molecular complexity index is 1230. The van der Waals surface area contributed by atoms with Crippen molar-refractivity contribution in [3.05, 3.63) is 137 Å². The lowest BCUT2D eigenvalue weighted by molar-refractivity contribution is 0.111. The van der Waals surface area contributed by atoms with Gasteiger partial charge in [-0.25, -0.2) is 0 Å². The predicted molar refractivity (Wildman–Crippen MR) is 128 cm³/mol. The van der Waals surface area contributed by atoms with Crippen molar-refractivity contribution in [3.8, 4) is 5.75 Å². The Morgan fingerprint density at radius 3 is 1.28 bits per heavy atom. The first-order valence-electron chi connectivity index (χ1n) is 10.3. The minimum absolute atomic E-state index is 0.624. The number of carbonyl (C=O) groups is 2. The van der Waals surface area contributed by atoms with E-state index in [1.807, 2.05) is 91.0 Å². The zero-order valence-corrected chi connectivity index (χ0v) is 17.7. The van der Waals surface area contributed by atoms with Gasteiger partial charge in [-0.15, -0.1) is 0 Å². The van der Waals surface area contributed by atoms with Crippen LogP contribution < -0.4 is 4.74 Å². The van der Waals surface area contributed by atoms with Crippen LogP contribution in [0, 0.1) is 0 Å². The lowest BCUT2D eigenvalue weighted by atomic mass is 9.85. The number of carbonyl (C=O) groups excluding carboxylic acids is 2. The van der Waals surface area contributed by atoms with Crippen LogP contribution in [-0.2, 0) is 0 Å². The van der Waals surface area contributed by atoms with Crippen molar-refractivity contribution >= 4 is 23.7 Å². The summed E-state index contributed by atoms with van der Waals surface area (Å²) in [6.07, 6.45) is 1.69. The second kappa shape index (κ2) is 9.71. The summed E-state index contributed by atoms with van der Waals surface area (Å²) in [6.45, 7) is 0. The van der Waals surface area contributed by atoms with E-state index in [4.69, 9.17) is 4.74 Å². The van der Waals surface area contributed by atoms with Crippen LogP contribution in [0.4, 0.5) is 0 Å². The summed E-state index contributed by atoms with van der Waals surface area (Å²) in [7, 11) is 1.65. The van der Waals surface area contributed by atoms with Crippen LogP contribution in [0.5, 0.6) is 5.75 Å². The van der Waals surface area contributed by atoms with E-state index in [1.54, 1.807) is 7.11 Å². The van der Waals surface area contributed by atoms with Crippen LogP contribution in [0.2, 0.25) is 0 Å². The van der Waals surface area contributed by atoms with E-state index >= 15 is 0 Å². The Labute approximate surface area is 187 Å². The van der Waals surface area contributed by atoms with Gasteiger partial charge in [0.05, 0.1) is 7.11 Å². The topological polar surface area (TPSA) is 43.4 Å². The standard InChI is InChI=1S/C29H22O3/c1-32-27-17-15-26(16-18-27)29(25-13-9-22(20-31)10-14-25)28(23-5-3-2-4-6-23)24-11-7-21(19-30)8-12-24/h2-20H,1H3/b29-28+. The van der Waals surface area contributed by atoms with Gasteiger partial charge in [-0.3, -0.25) is 9.59 Å². The van der Waals surface area contributed by atoms with Gasteiger partial charge in [0.15, 0.2) is 0 Å². The molecule has 4 aromatic carbocycles. The molecular weight excluding hydrogens is 396 g/mol. The minimum atomic E-state index is 0.624. The number of methoxy groups -OCH3 is 1. The molecule has 0 aliphatic heterocycles. The minimum Gasteiger partial charge on any atom is -0.497 e. The van der Waals surface area contributed by atoms with E-state index < -0.39 is 0 Å². The van der Waals surface area contributed by atoms with E-state index in [0.717, 1.165) is 51.7 Å². The summed E-state index contributed by atoms with van der Waals surface area (Å²) < 4.78 is 5.35. The van der Waals surface area contributed by atoms with E-state index in [2.05, 4.69) is 12.1 Å². The summed E-state index contributed by atoms with van der Waals surface area (Å²) in [6, 6.07) is 33.3. The third kappa shape index (κ3) is 4.42. The molecule has 0 amide bonds. The largest absolute Gasteiger partial charge is 0.497 e. The summed E-state index contributed by atoms with van der Waals surface area (Å²) in [5.41, 5.74) is 7.36. The SMILES string of the molecule is COc1ccc(/C(=C(\c2ccccc2)c2ccc(C=O)cc2)c2ccc(C=O)cc2)cc1. The molecule has 0 aliphatic rings. The molecule has 3 heteroatoms. The summed E-state index contributed by atoms with van der Waals surface area (Å²) in [5, 5.41) is 0. The number of hydrogen-bond acceptors (Lipinski definition) is 3. The van der Waals surface area contributed by atoms with E-state index in [1.165, 1.54) is 0 Å². The van der Waals surface area contributed by atoms with Crippen molar-refractivity contribution in [2.24, 2.45) is 0 Å². The first-order valence-corrected chi connectivity index (χ1v) is 10.3. The van der Waals surface area contributed by atoms with Gasteiger partial charge in [-0.2, -0.15) is 0 Å². The Morgan fingerprint density at radius 2 is 0.906 bits per heavy atom. The van der Waals surface area contributed by atoms with Gasteiger partial charge in [-0.05, 0) is 45.5 Å². The highest BCUT2D eigenvalue weighted by Crippen LogP contribution is 2.37. The Balaban J connectivity index is 2.04. The van der Waals surface area contributed by atoms with Crippen LogP contribution in [0.3, 0.4) is 0 Å². The van der Waals surface area contributed by atoms with Crippen LogP contribution in [0.25, 0.3) is 11.1 Å². The number of ether oxygens (including phenoxy) is 1. The average Bonchev–Trinajstić information content (AvgIpc) is 2.88. The zero-order chi connectivity index (χ0) is 22.3. The molecule has 0 N–H and O–H groups in total. The molecule has 0 spiro atoms. The van der Waals surface area contributed by atoms with Gasteiger partial charge in [0, 0.05) is 11.1 Å². The Kier molecular flexibility index (Phi) is 6.38. The molecule has 0 unspecified atom stereocenters. The molecule has 32 heavy (non-hydrogen) atoms. The van der Waals surface area contributed by atoms with Crippen molar-refractivity contribution in [1.82, 2.24) is 0 Å². The van der Waals surface area contributed by atoms with Crippen LogP contribution in [0.15, 0.2) is 103 Å². The first kappa shape index (κ1) is 21.0. The maximum Gasteiger partial charge on any atom is 0.150 e. The van der Waals surface area contributed by atoms with Crippen molar-refractivity contribution in [3.63, 3.8) is 0 Å². The normalized spacial score (nSPS) is 11.4. The number of aldehydes is 2. The fourth-order valence-electron chi connectivity index (χ4n) is 3.73. The van der Waals surface area contributed by atoms with Gasteiger partial charge in [-0.1, -0.05) is 91.0 Å². The molecule has 0 saturated carbocycles. The lowest BCUT2D eigenvalue weighted by Crippen LogP contribution is -1.98. The maximum absolute atomic E-state index is 11.2. The van der Waals surface area contributed by atoms with Crippen LogP contribution in [-0.4, -0.2) is 19.7 Å². The third-order valence-electron chi connectivity index (χ3n) is 5.36. The monoisotopic (exact) mass is 418 g/mol. The summed E-state index contributed by atoms with van der Waals surface area (Å²) in [4.78, 5) is 22.4. The van der Waals surface area contributed by atoms with Crippen LogP contribution >= 0.6 is 0 Å². The fraction of sp³-hybridized carbons (Fsp3) is 0.0345. The Hall–Kier alpha value is -4.24. The molecule has 4 aromatic rings. The highest BCUT2D eigenvalue weighted by Gasteiger charge is 2.16. The van der Waals surface area contributed by atoms with Crippen molar-refractivity contribution in [2.45, 2.75) is 0 Å². The molecule has 0 atom stereocenters. The highest BCUT2D eigenvalue weighted by atomic mass is 16.5. The third-order valence-corrected chi connectivity index (χ3v) is 5.36. The Morgan fingerprint density at radius 1 is 0.531 bits per heavy atom. The van der Waals surface area contributed by atoms with Gasteiger partial charge >= 0.3 is 0 Å². The van der Waals surface area contributed by atoms with Crippen molar-refractivity contribution in [1.29, 1.82) is 0 Å². The number of hydrogen-bond donors (Lipinski definition) is 0. The van der Waals surface area contributed by atoms with Crippen LogP contribution in [0.1, 0.15) is 43.0 Å². The zero-order valence-electron chi connectivity index (χ0n) is 17.7. The summed E-state index contributed by atoms with van der Waals surface area (Å²) in [5.74, 6) is 0.779. The lowest BCUT2D eigenvalue weighted by Gasteiger charge is -2.18. The fourth-order valence-corrected chi connectivity index (χ4v) is 3.73. The molecule has 3 nitrogen and oxygen atoms in total. The van der Waals surface area contributed by atoms with E-state index in [-0.39, 0.29) is 0 Å². The molecule has 4 rings (SSSR count). The molecule has 0 aliphatic carbocycles. The van der Waals surface area contributed by atoms with Gasteiger partial charge in [0.2, 0.25) is 0 Å². The first-order chi connectivity index (χ1) is 15.7. The number of benzene rings is 4. The van der Waals surface area contributed by atoms with Gasteiger partial charge in [0.25, 0.3) is 0 Å². The molecule has 0 saturated heterocycles. The molecule has 0 bridgehead atoms. The predicted octanol–water partition coefficient (Wildman–Crippen LogP) is 6.33. The molecule has 0 heterocycles. The van der Waals surface area contributed by atoms with E-state index in [0.29, 0.717) is 11.1 Å². The average molecular weight is 418 g/mol. The van der Waals surface area contributed by atoms with Crippen molar-refractivity contribution < 1.29 is 14.3 Å². The molecular formula is C29H22O3.